The molecule has 0 saturated carbocycles. The number of hydrogen-bond donors (Lipinski definition) is 1. The van der Waals surface area contributed by atoms with Crippen molar-refractivity contribution in [3.8, 4) is 16.9 Å². The molecule has 0 spiro atoms. The van der Waals surface area contributed by atoms with Crippen LogP contribution in [0.25, 0.3) is 11.1 Å². The molecule has 1 aromatic heterocycles. The molecule has 0 amide bonds. The van der Waals surface area contributed by atoms with E-state index in [0.717, 1.165) is 16.9 Å². The van der Waals surface area contributed by atoms with Crippen LogP contribution >= 0.6 is 11.6 Å². The fraction of sp³-hybridized carbons (Fsp3) is 0.182. The first-order valence-electron chi connectivity index (χ1n) is 4.99. The zero-order valence-electron chi connectivity index (χ0n) is 8.77. The van der Waals surface area contributed by atoms with Crippen LogP contribution in [0.2, 0.25) is 5.02 Å². The smallest absolute Gasteiger partial charge is 0.230 e. The molecule has 0 unspecified atom stereocenters. The topological polar surface area (TPSA) is 70.5 Å². The largest absolute Gasteiger partial charge is 0.467 e. The molecule has 0 radical (unpaired) electrons. The van der Waals surface area contributed by atoms with Gasteiger partial charge in [0, 0.05) is 16.1 Å². The molecule has 1 aliphatic heterocycles. The van der Waals surface area contributed by atoms with E-state index in [1.807, 2.05) is 6.07 Å². The molecule has 2 aromatic rings. The first kappa shape index (κ1) is 10.4. The maximum Gasteiger partial charge on any atom is 0.230 e. The van der Waals surface area contributed by atoms with Crippen LogP contribution in [0, 0.1) is 0 Å². The number of nitrogen functional groups attached to an aromatic ring is 1. The first-order chi connectivity index (χ1) is 8.25. The van der Waals surface area contributed by atoms with Gasteiger partial charge in [0.2, 0.25) is 5.88 Å². The number of fused-ring (bicyclic) bond motifs is 1. The van der Waals surface area contributed by atoms with E-state index in [4.69, 9.17) is 31.3 Å². The zero-order chi connectivity index (χ0) is 11.8. The normalized spacial score (nSPS) is 14.2. The van der Waals surface area contributed by atoms with Crippen molar-refractivity contribution in [3.63, 3.8) is 0 Å². The van der Waals surface area contributed by atoms with E-state index in [1.165, 1.54) is 6.20 Å². The van der Waals surface area contributed by atoms with Gasteiger partial charge < -0.3 is 19.7 Å². The fourth-order valence-electron chi connectivity index (χ4n) is 1.76. The summed E-state index contributed by atoms with van der Waals surface area (Å²) in [6, 6.07) is 3.63. The lowest BCUT2D eigenvalue weighted by molar-refractivity contribution is -0.0163. The number of aromatic nitrogens is 1. The van der Waals surface area contributed by atoms with Gasteiger partial charge >= 0.3 is 0 Å². The fourth-order valence-corrected chi connectivity index (χ4v) is 2.04. The molecule has 6 heteroatoms. The Morgan fingerprint density at radius 3 is 2.94 bits per heavy atom. The second-order valence-corrected chi connectivity index (χ2v) is 4.06. The van der Waals surface area contributed by atoms with Gasteiger partial charge in [-0.15, -0.1) is 0 Å². The van der Waals surface area contributed by atoms with Gasteiger partial charge in [0.15, 0.2) is 6.79 Å². The number of halogens is 1. The van der Waals surface area contributed by atoms with Crippen LogP contribution < -0.4 is 10.5 Å². The van der Waals surface area contributed by atoms with E-state index in [2.05, 4.69) is 5.16 Å². The van der Waals surface area contributed by atoms with Gasteiger partial charge in [-0.3, -0.25) is 0 Å². The van der Waals surface area contributed by atoms with Gasteiger partial charge in [-0.2, -0.15) is 0 Å². The highest BCUT2D eigenvalue weighted by Crippen LogP contribution is 2.38. The third kappa shape index (κ3) is 1.73. The molecular formula is C11H9ClN2O3. The molecule has 0 fully saturated rings. The molecule has 17 heavy (non-hydrogen) atoms. The lowest BCUT2D eigenvalue weighted by Gasteiger charge is -2.19. The number of hydrogen-bond acceptors (Lipinski definition) is 5. The maximum absolute atomic E-state index is 6.19. The summed E-state index contributed by atoms with van der Waals surface area (Å²) in [7, 11) is 0. The van der Waals surface area contributed by atoms with Gasteiger partial charge in [0.05, 0.1) is 18.4 Å². The molecular weight excluding hydrogens is 244 g/mol. The summed E-state index contributed by atoms with van der Waals surface area (Å²) in [6.45, 7) is 0.738. The van der Waals surface area contributed by atoms with Gasteiger partial charge in [-0.1, -0.05) is 16.8 Å². The Morgan fingerprint density at radius 1 is 1.29 bits per heavy atom. The second kappa shape index (κ2) is 3.94. The molecule has 5 nitrogen and oxygen atoms in total. The minimum absolute atomic E-state index is 0.235. The van der Waals surface area contributed by atoms with Crippen molar-refractivity contribution in [2.75, 3.05) is 12.5 Å². The van der Waals surface area contributed by atoms with Crippen molar-refractivity contribution >= 4 is 17.5 Å². The summed E-state index contributed by atoms with van der Waals surface area (Å²) in [5.74, 6) is 0.982. The Kier molecular flexibility index (Phi) is 2.42. The Hall–Kier alpha value is -1.72. The third-order valence-corrected chi connectivity index (χ3v) is 2.91. The van der Waals surface area contributed by atoms with Crippen LogP contribution in [0.1, 0.15) is 5.56 Å². The van der Waals surface area contributed by atoms with Crippen LogP contribution in [-0.4, -0.2) is 11.9 Å². The number of nitrogens with zero attached hydrogens (tertiary/aromatic N) is 1. The van der Waals surface area contributed by atoms with Crippen molar-refractivity contribution in [1.29, 1.82) is 0 Å². The Labute approximate surface area is 102 Å². The molecule has 1 aromatic carbocycles. The number of rotatable bonds is 1. The molecule has 1 aliphatic rings. The lowest BCUT2D eigenvalue weighted by atomic mass is 10.1. The number of anilines is 1. The van der Waals surface area contributed by atoms with E-state index in [-0.39, 0.29) is 12.7 Å². The minimum atomic E-state index is 0.235. The molecule has 2 heterocycles. The van der Waals surface area contributed by atoms with Crippen molar-refractivity contribution < 1.29 is 14.0 Å². The number of ether oxygens (including phenoxy) is 2. The summed E-state index contributed by atoms with van der Waals surface area (Å²) in [4.78, 5) is 0. The summed E-state index contributed by atoms with van der Waals surface area (Å²) in [5, 5.41) is 4.19. The number of nitrogens with two attached hydrogens (primary N) is 1. The van der Waals surface area contributed by atoms with Gasteiger partial charge in [0.25, 0.3) is 0 Å². The zero-order valence-corrected chi connectivity index (χ0v) is 9.53. The Balaban J connectivity index is 2.15. The molecule has 88 valence electrons. The SMILES string of the molecule is Nc1oncc1-c1cc2c(cc1Cl)COCO2. The third-order valence-electron chi connectivity index (χ3n) is 2.59. The minimum Gasteiger partial charge on any atom is -0.467 e. The quantitative estimate of drug-likeness (QED) is 0.844. The predicted molar refractivity (Wildman–Crippen MR) is 61.6 cm³/mol. The number of benzene rings is 1. The summed E-state index contributed by atoms with van der Waals surface area (Å²) < 4.78 is 15.4. The molecule has 0 bridgehead atoms. The summed E-state index contributed by atoms with van der Waals surface area (Å²) in [6.07, 6.45) is 1.53. The average Bonchev–Trinajstić information content (AvgIpc) is 2.74. The van der Waals surface area contributed by atoms with Crippen molar-refractivity contribution in [1.82, 2.24) is 5.16 Å². The molecule has 0 atom stereocenters. The van der Waals surface area contributed by atoms with Crippen molar-refractivity contribution in [2.24, 2.45) is 0 Å². The van der Waals surface area contributed by atoms with E-state index in [0.29, 0.717) is 17.2 Å². The van der Waals surface area contributed by atoms with Crippen LogP contribution in [0.5, 0.6) is 5.75 Å². The predicted octanol–water partition coefficient (Wildman–Crippen LogP) is 2.44. The van der Waals surface area contributed by atoms with E-state index in [1.54, 1.807) is 6.07 Å². The highest BCUT2D eigenvalue weighted by atomic mass is 35.5. The lowest BCUT2D eigenvalue weighted by Crippen LogP contribution is -2.11. The molecule has 0 saturated heterocycles. The van der Waals surface area contributed by atoms with Crippen molar-refractivity contribution in [3.05, 3.63) is 28.9 Å². The van der Waals surface area contributed by atoms with Crippen LogP contribution in [0.15, 0.2) is 22.9 Å². The monoisotopic (exact) mass is 252 g/mol. The van der Waals surface area contributed by atoms with E-state index in [9.17, 15) is 0 Å². The van der Waals surface area contributed by atoms with Crippen LogP contribution in [-0.2, 0) is 11.3 Å². The molecule has 2 N–H and O–H groups in total. The van der Waals surface area contributed by atoms with Crippen LogP contribution in [0.4, 0.5) is 5.88 Å². The van der Waals surface area contributed by atoms with Gasteiger partial charge in [0.1, 0.15) is 5.75 Å². The molecule has 0 aliphatic carbocycles. The van der Waals surface area contributed by atoms with E-state index < -0.39 is 0 Å². The van der Waals surface area contributed by atoms with E-state index >= 15 is 0 Å². The van der Waals surface area contributed by atoms with Gasteiger partial charge in [-0.05, 0) is 12.1 Å². The summed E-state index contributed by atoms with van der Waals surface area (Å²) >= 11 is 6.19. The van der Waals surface area contributed by atoms with Crippen LogP contribution in [0.3, 0.4) is 0 Å². The standard InChI is InChI=1S/C11H9ClN2O3/c12-9-1-6-4-15-5-16-10(6)2-7(9)8-3-14-17-11(8)13/h1-3H,4-5,13H2. The highest BCUT2D eigenvalue weighted by Gasteiger charge is 2.17. The Bertz CT molecular complexity index is 568. The highest BCUT2D eigenvalue weighted by molar-refractivity contribution is 6.33. The average molecular weight is 253 g/mol. The van der Waals surface area contributed by atoms with Gasteiger partial charge in [-0.25, -0.2) is 0 Å². The Morgan fingerprint density at radius 2 is 2.18 bits per heavy atom. The summed E-state index contributed by atoms with van der Waals surface area (Å²) in [5.41, 5.74) is 7.98. The first-order valence-corrected chi connectivity index (χ1v) is 5.37. The second-order valence-electron chi connectivity index (χ2n) is 3.65. The maximum atomic E-state index is 6.19. The van der Waals surface area contributed by atoms with Crippen molar-refractivity contribution in [2.45, 2.75) is 6.61 Å². The molecule has 3 rings (SSSR count).